The van der Waals surface area contributed by atoms with Gasteiger partial charge in [-0.3, -0.25) is 4.40 Å². The van der Waals surface area contributed by atoms with Crippen molar-refractivity contribution in [2.24, 2.45) is 0 Å². The van der Waals surface area contributed by atoms with Gasteiger partial charge < -0.3 is 5.11 Å². The highest BCUT2D eigenvalue weighted by molar-refractivity contribution is 5.29. The summed E-state index contributed by atoms with van der Waals surface area (Å²) < 4.78 is 3.71. The normalized spacial score (nSPS) is 11.3. The number of aryl methyl sites for hydroxylation is 1. The lowest BCUT2D eigenvalue weighted by Gasteiger charge is -1.97. The molecule has 0 saturated heterocycles. The van der Waals surface area contributed by atoms with Crippen molar-refractivity contribution in [1.29, 1.82) is 0 Å². The number of aliphatic hydroxyl groups is 1. The van der Waals surface area contributed by atoms with E-state index in [0.29, 0.717) is 12.3 Å². The molecule has 0 aliphatic carbocycles. The molecule has 0 amide bonds. The number of hydrogen-bond donors (Lipinski definition) is 1. The number of aromatic nitrogens is 6. The SMILES string of the molecule is OCCCCCCc1cn(Cc2cn3cccnc3n2)nn1. The van der Waals surface area contributed by atoms with E-state index in [4.69, 9.17) is 5.11 Å². The molecule has 1 N–H and O–H groups in total. The molecule has 0 bridgehead atoms. The van der Waals surface area contributed by atoms with Crippen LogP contribution in [0, 0.1) is 0 Å². The van der Waals surface area contributed by atoms with Crippen molar-refractivity contribution in [3.05, 3.63) is 42.2 Å². The molecule has 7 heteroatoms. The van der Waals surface area contributed by atoms with E-state index >= 15 is 0 Å². The Morgan fingerprint density at radius 2 is 1.95 bits per heavy atom. The Hall–Kier alpha value is -2.28. The van der Waals surface area contributed by atoms with Crippen LogP contribution in [0.25, 0.3) is 5.78 Å². The molecule has 0 aromatic carbocycles. The molecule has 7 nitrogen and oxygen atoms in total. The zero-order valence-electron chi connectivity index (χ0n) is 12.5. The molecule has 0 unspecified atom stereocenters. The minimum atomic E-state index is 0.282. The second-order valence-electron chi connectivity index (χ2n) is 5.35. The van der Waals surface area contributed by atoms with Crippen LogP contribution in [0.2, 0.25) is 0 Å². The third-order valence-corrected chi connectivity index (χ3v) is 3.54. The van der Waals surface area contributed by atoms with Gasteiger partial charge in [0, 0.05) is 31.4 Å². The van der Waals surface area contributed by atoms with Gasteiger partial charge in [-0.05, 0) is 25.3 Å². The van der Waals surface area contributed by atoms with E-state index in [9.17, 15) is 0 Å². The second kappa shape index (κ2) is 7.13. The molecule has 0 radical (unpaired) electrons. The van der Waals surface area contributed by atoms with Crippen LogP contribution in [0.1, 0.15) is 37.1 Å². The van der Waals surface area contributed by atoms with Gasteiger partial charge in [0.05, 0.1) is 17.9 Å². The first-order valence-corrected chi connectivity index (χ1v) is 7.63. The van der Waals surface area contributed by atoms with Gasteiger partial charge >= 0.3 is 0 Å². The lowest BCUT2D eigenvalue weighted by Crippen LogP contribution is -2.00. The molecule has 0 aliphatic heterocycles. The van der Waals surface area contributed by atoms with Crippen molar-refractivity contribution in [1.82, 2.24) is 29.4 Å². The van der Waals surface area contributed by atoms with Gasteiger partial charge in [-0.1, -0.05) is 18.1 Å². The summed E-state index contributed by atoms with van der Waals surface area (Å²) in [7, 11) is 0. The number of hydrogen-bond acceptors (Lipinski definition) is 5. The maximum atomic E-state index is 8.74. The summed E-state index contributed by atoms with van der Waals surface area (Å²) in [6.07, 6.45) is 12.7. The van der Waals surface area contributed by atoms with Crippen molar-refractivity contribution < 1.29 is 5.11 Å². The van der Waals surface area contributed by atoms with Crippen molar-refractivity contribution in [3.8, 4) is 0 Å². The van der Waals surface area contributed by atoms with Gasteiger partial charge in [0.25, 0.3) is 0 Å². The van der Waals surface area contributed by atoms with Crippen LogP contribution in [0.4, 0.5) is 0 Å². The minimum absolute atomic E-state index is 0.282. The number of nitrogens with zero attached hydrogens (tertiary/aromatic N) is 6. The third kappa shape index (κ3) is 3.67. The molecule has 116 valence electrons. The van der Waals surface area contributed by atoms with Crippen LogP contribution in [-0.2, 0) is 13.0 Å². The van der Waals surface area contributed by atoms with E-state index in [0.717, 1.165) is 43.5 Å². The predicted molar refractivity (Wildman–Crippen MR) is 81.4 cm³/mol. The van der Waals surface area contributed by atoms with Gasteiger partial charge in [0.1, 0.15) is 0 Å². The van der Waals surface area contributed by atoms with E-state index in [1.807, 2.05) is 33.7 Å². The number of unbranched alkanes of at least 4 members (excludes halogenated alkanes) is 3. The van der Waals surface area contributed by atoms with Gasteiger partial charge in [-0.2, -0.15) is 0 Å². The van der Waals surface area contributed by atoms with Crippen LogP contribution >= 0.6 is 0 Å². The standard InChI is InChI=1S/C15H20N6O/c22-9-4-2-1-3-6-13-11-21(19-18-13)12-14-10-20-8-5-7-16-15(20)17-14/h5,7-8,10-11,22H,1-4,6,9,12H2. The molecule has 0 spiro atoms. The average molecular weight is 300 g/mol. The monoisotopic (exact) mass is 300 g/mol. The van der Waals surface area contributed by atoms with E-state index in [2.05, 4.69) is 20.3 Å². The molecule has 3 aromatic heterocycles. The Morgan fingerprint density at radius 3 is 2.82 bits per heavy atom. The summed E-state index contributed by atoms with van der Waals surface area (Å²) in [5.41, 5.74) is 1.92. The molecule has 3 heterocycles. The molecular weight excluding hydrogens is 280 g/mol. The Labute approximate surface area is 128 Å². The smallest absolute Gasteiger partial charge is 0.233 e. The topological polar surface area (TPSA) is 81.1 Å². The van der Waals surface area contributed by atoms with Crippen molar-refractivity contribution in [2.45, 2.75) is 38.6 Å². The number of aliphatic hydroxyl groups excluding tert-OH is 1. The van der Waals surface area contributed by atoms with E-state index in [1.54, 1.807) is 6.20 Å². The molecule has 0 fully saturated rings. The molecule has 22 heavy (non-hydrogen) atoms. The van der Waals surface area contributed by atoms with Crippen molar-refractivity contribution in [2.75, 3.05) is 6.61 Å². The van der Waals surface area contributed by atoms with E-state index < -0.39 is 0 Å². The highest BCUT2D eigenvalue weighted by Gasteiger charge is 2.05. The average Bonchev–Trinajstić information content (AvgIpc) is 3.13. The molecule has 0 saturated carbocycles. The zero-order chi connectivity index (χ0) is 15.2. The van der Waals surface area contributed by atoms with Crippen LogP contribution < -0.4 is 0 Å². The minimum Gasteiger partial charge on any atom is -0.396 e. The first-order valence-electron chi connectivity index (χ1n) is 7.63. The summed E-state index contributed by atoms with van der Waals surface area (Å²) in [5.74, 6) is 0.696. The summed E-state index contributed by atoms with van der Waals surface area (Å²) in [6, 6.07) is 1.88. The van der Waals surface area contributed by atoms with Gasteiger partial charge in [-0.25, -0.2) is 14.6 Å². The fraction of sp³-hybridized carbons (Fsp3) is 0.467. The van der Waals surface area contributed by atoms with E-state index in [-0.39, 0.29) is 6.61 Å². The van der Waals surface area contributed by atoms with Gasteiger partial charge in [0.15, 0.2) is 0 Å². The first-order chi connectivity index (χ1) is 10.8. The molecular formula is C15H20N6O. The summed E-state index contributed by atoms with van der Waals surface area (Å²) in [4.78, 5) is 8.66. The fourth-order valence-corrected chi connectivity index (χ4v) is 2.42. The largest absolute Gasteiger partial charge is 0.396 e. The maximum Gasteiger partial charge on any atom is 0.233 e. The van der Waals surface area contributed by atoms with Crippen molar-refractivity contribution in [3.63, 3.8) is 0 Å². The lowest BCUT2D eigenvalue weighted by atomic mass is 10.1. The van der Waals surface area contributed by atoms with Crippen LogP contribution in [0.5, 0.6) is 0 Å². The predicted octanol–water partition coefficient (Wildman–Crippen LogP) is 1.46. The fourth-order valence-electron chi connectivity index (χ4n) is 2.42. The summed E-state index contributed by atoms with van der Waals surface area (Å²) in [6.45, 7) is 0.880. The van der Waals surface area contributed by atoms with Crippen LogP contribution in [0.3, 0.4) is 0 Å². The quantitative estimate of drug-likeness (QED) is 0.637. The lowest BCUT2D eigenvalue weighted by molar-refractivity contribution is 0.282. The number of fused-ring (bicyclic) bond motifs is 1. The van der Waals surface area contributed by atoms with Crippen LogP contribution in [-0.4, -0.2) is 41.1 Å². The molecule has 0 atom stereocenters. The zero-order valence-corrected chi connectivity index (χ0v) is 12.5. The first kappa shape index (κ1) is 14.6. The number of rotatable bonds is 8. The summed E-state index contributed by atoms with van der Waals surface area (Å²) >= 11 is 0. The highest BCUT2D eigenvalue weighted by Crippen LogP contribution is 2.07. The maximum absolute atomic E-state index is 8.74. The van der Waals surface area contributed by atoms with Crippen molar-refractivity contribution >= 4 is 5.78 Å². The third-order valence-electron chi connectivity index (χ3n) is 3.54. The Balaban J connectivity index is 1.55. The molecule has 3 rings (SSSR count). The Bertz CT molecular complexity index is 686. The Morgan fingerprint density at radius 1 is 1.05 bits per heavy atom. The van der Waals surface area contributed by atoms with Gasteiger partial charge in [0.2, 0.25) is 5.78 Å². The Kier molecular flexibility index (Phi) is 4.75. The van der Waals surface area contributed by atoms with Gasteiger partial charge in [-0.15, -0.1) is 5.10 Å². The van der Waals surface area contributed by atoms with Crippen LogP contribution in [0.15, 0.2) is 30.9 Å². The highest BCUT2D eigenvalue weighted by atomic mass is 16.2. The summed E-state index contributed by atoms with van der Waals surface area (Å²) in [5, 5.41) is 17.1. The number of imidazole rings is 1. The molecule has 3 aromatic rings. The molecule has 0 aliphatic rings. The second-order valence-corrected chi connectivity index (χ2v) is 5.35. The van der Waals surface area contributed by atoms with E-state index in [1.165, 1.54) is 0 Å².